The van der Waals surface area contributed by atoms with Crippen molar-refractivity contribution in [3.05, 3.63) is 108 Å². The monoisotopic (exact) mass is 447 g/mol. The van der Waals surface area contributed by atoms with E-state index in [4.69, 9.17) is 0 Å². The summed E-state index contributed by atoms with van der Waals surface area (Å²) in [5, 5.41) is 6.92. The van der Waals surface area contributed by atoms with E-state index in [0.29, 0.717) is 24.3 Å². The second-order valence-corrected chi connectivity index (χ2v) is 8.77. The molecule has 0 aliphatic heterocycles. The van der Waals surface area contributed by atoms with Gasteiger partial charge in [-0.2, -0.15) is 5.10 Å². The Hall–Kier alpha value is -3.98. The Balaban J connectivity index is 1.33. The van der Waals surface area contributed by atoms with Crippen LogP contribution in [0.4, 0.5) is 5.69 Å². The molecule has 0 aliphatic rings. The summed E-state index contributed by atoms with van der Waals surface area (Å²) < 4.78 is 29.2. The smallest absolute Gasteiger partial charge is 0.261 e. The average molecular weight is 448 g/mol. The van der Waals surface area contributed by atoms with E-state index in [1.54, 1.807) is 41.3 Å². The molecule has 0 spiro atoms. The zero-order chi connectivity index (χ0) is 22.4. The lowest BCUT2D eigenvalue weighted by molar-refractivity contribution is 0.0951. The first-order chi connectivity index (χ1) is 15.5. The summed E-state index contributed by atoms with van der Waals surface area (Å²) in [5.74, 6) is -0.281. The van der Waals surface area contributed by atoms with E-state index in [-0.39, 0.29) is 10.8 Å². The summed E-state index contributed by atoms with van der Waals surface area (Å²) >= 11 is 0. The van der Waals surface area contributed by atoms with Crippen LogP contribution in [0.15, 0.2) is 96.4 Å². The third kappa shape index (κ3) is 5.38. The lowest BCUT2D eigenvalue weighted by Crippen LogP contribution is -2.23. The van der Waals surface area contributed by atoms with E-state index in [0.717, 1.165) is 11.1 Å². The van der Waals surface area contributed by atoms with Gasteiger partial charge in [0.1, 0.15) is 12.7 Å². The first kappa shape index (κ1) is 21.3. The van der Waals surface area contributed by atoms with E-state index in [9.17, 15) is 13.2 Å². The van der Waals surface area contributed by atoms with Gasteiger partial charge in [0.15, 0.2) is 0 Å². The zero-order valence-corrected chi connectivity index (χ0v) is 17.9. The molecular formula is C23H21N5O3S. The number of rotatable bonds is 8. The van der Waals surface area contributed by atoms with Crippen molar-refractivity contribution >= 4 is 21.6 Å². The standard InChI is InChI=1S/C23H21N5O3S/c29-23(25-14-18-6-8-19(9-7-18)15-28-17-24-16-26-28)20-10-12-22(13-11-20)32(30,31)27-21-4-2-1-3-5-21/h1-13,16-17,27H,14-15H2,(H,25,29). The van der Waals surface area contributed by atoms with Gasteiger partial charge in [-0.1, -0.05) is 42.5 Å². The van der Waals surface area contributed by atoms with Crippen molar-refractivity contribution in [2.75, 3.05) is 4.72 Å². The van der Waals surface area contributed by atoms with Gasteiger partial charge >= 0.3 is 0 Å². The van der Waals surface area contributed by atoms with Gasteiger partial charge in [0, 0.05) is 17.8 Å². The lowest BCUT2D eigenvalue weighted by atomic mass is 10.1. The summed E-state index contributed by atoms with van der Waals surface area (Å²) in [6, 6.07) is 22.3. The van der Waals surface area contributed by atoms with Crippen molar-refractivity contribution in [3.63, 3.8) is 0 Å². The molecule has 3 aromatic carbocycles. The highest BCUT2D eigenvalue weighted by Crippen LogP contribution is 2.16. The van der Waals surface area contributed by atoms with Crippen molar-refractivity contribution in [1.82, 2.24) is 20.1 Å². The van der Waals surface area contributed by atoms with Crippen molar-refractivity contribution in [3.8, 4) is 0 Å². The van der Waals surface area contributed by atoms with E-state index < -0.39 is 10.0 Å². The molecule has 0 saturated carbocycles. The molecule has 4 aromatic rings. The fourth-order valence-electron chi connectivity index (χ4n) is 3.05. The van der Waals surface area contributed by atoms with Gasteiger partial charge in [-0.3, -0.25) is 9.52 Å². The third-order valence-corrected chi connectivity index (χ3v) is 6.14. The van der Waals surface area contributed by atoms with Crippen LogP contribution in [-0.4, -0.2) is 29.1 Å². The van der Waals surface area contributed by atoms with Crippen molar-refractivity contribution in [1.29, 1.82) is 0 Å². The molecule has 1 amide bonds. The van der Waals surface area contributed by atoms with Crippen LogP contribution in [0.5, 0.6) is 0 Å². The Labute approximate surface area is 186 Å². The average Bonchev–Trinajstić information content (AvgIpc) is 3.32. The fraction of sp³-hybridized carbons (Fsp3) is 0.0870. The van der Waals surface area contributed by atoms with E-state index >= 15 is 0 Å². The minimum atomic E-state index is -3.73. The second kappa shape index (κ2) is 9.44. The first-order valence-electron chi connectivity index (χ1n) is 9.86. The maximum absolute atomic E-state index is 12.5. The van der Waals surface area contributed by atoms with Gasteiger partial charge < -0.3 is 5.32 Å². The predicted molar refractivity (Wildman–Crippen MR) is 120 cm³/mol. The number of nitrogens with one attached hydrogen (secondary N) is 2. The molecule has 162 valence electrons. The molecule has 1 heterocycles. The third-order valence-electron chi connectivity index (χ3n) is 4.74. The summed E-state index contributed by atoms with van der Waals surface area (Å²) in [4.78, 5) is 16.5. The molecule has 0 aliphatic carbocycles. The van der Waals surface area contributed by atoms with E-state index in [1.165, 1.54) is 30.6 Å². The van der Waals surface area contributed by atoms with Gasteiger partial charge in [0.2, 0.25) is 0 Å². The van der Waals surface area contributed by atoms with E-state index in [2.05, 4.69) is 20.1 Å². The van der Waals surface area contributed by atoms with Crippen LogP contribution < -0.4 is 10.0 Å². The van der Waals surface area contributed by atoms with Crippen LogP contribution in [0.1, 0.15) is 21.5 Å². The number of carbonyl (C=O) groups is 1. The Kier molecular flexibility index (Phi) is 6.27. The largest absolute Gasteiger partial charge is 0.348 e. The Morgan fingerprint density at radius 2 is 1.56 bits per heavy atom. The number of carbonyl (C=O) groups excluding carboxylic acids is 1. The molecule has 0 radical (unpaired) electrons. The number of aromatic nitrogens is 3. The molecule has 0 bridgehead atoms. The molecule has 9 heteroatoms. The number of hydrogen-bond donors (Lipinski definition) is 2. The number of hydrogen-bond acceptors (Lipinski definition) is 5. The maximum Gasteiger partial charge on any atom is 0.261 e. The molecular weight excluding hydrogens is 426 g/mol. The summed E-state index contributed by atoms with van der Waals surface area (Å²) in [6.45, 7) is 0.985. The SMILES string of the molecule is O=C(NCc1ccc(Cn2cncn2)cc1)c1ccc(S(=O)(=O)Nc2ccccc2)cc1. The molecule has 0 saturated heterocycles. The van der Waals surface area contributed by atoms with Gasteiger partial charge in [-0.25, -0.2) is 18.1 Å². The number of amides is 1. The number of para-hydroxylation sites is 1. The van der Waals surface area contributed by atoms with Crippen LogP contribution in [0, 0.1) is 0 Å². The van der Waals surface area contributed by atoms with Crippen LogP contribution in [0.3, 0.4) is 0 Å². The molecule has 0 atom stereocenters. The molecule has 32 heavy (non-hydrogen) atoms. The van der Waals surface area contributed by atoms with Crippen LogP contribution >= 0.6 is 0 Å². The van der Waals surface area contributed by atoms with Gasteiger partial charge in [-0.05, 0) is 47.5 Å². The first-order valence-corrected chi connectivity index (χ1v) is 11.3. The molecule has 4 rings (SSSR count). The zero-order valence-electron chi connectivity index (χ0n) is 17.0. The molecule has 0 unspecified atom stereocenters. The maximum atomic E-state index is 12.5. The number of benzene rings is 3. The van der Waals surface area contributed by atoms with Crippen molar-refractivity contribution in [2.45, 2.75) is 18.0 Å². The highest BCUT2D eigenvalue weighted by molar-refractivity contribution is 7.92. The van der Waals surface area contributed by atoms with Crippen LogP contribution in [-0.2, 0) is 23.1 Å². The fourth-order valence-corrected chi connectivity index (χ4v) is 4.11. The van der Waals surface area contributed by atoms with Gasteiger partial charge in [0.25, 0.3) is 15.9 Å². The van der Waals surface area contributed by atoms with Crippen LogP contribution in [0.2, 0.25) is 0 Å². The topological polar surface area (TPSA) is 106 Å². The van der Waals surface area contributed by atoms with Crippen molar-refractivity contribution in [2.24, 2.45) is 0 Å². The minimum absolute atomic E-state index is 0.0841. The molecule has 0 fully saturated rings. The van der Waals surface area contributed by atoms with Crippen molar-refractivity contribution < 1.29 is 13.2 Å². The molecule has 1 aromatic heterocycles. The molecule has 8 nitrogen and oxygen atoms in total. The summed E-state index contributed by atoms with van der Waals surface area (Å²) in [6.07, 6.45) is 3.15. The Bertz CT molecular complexity index is 1270. The van der Waals surface area contributed by atoms with Gasteiger partial charge in [0.05, 0.1) is 11.4 Å². The summed E-state index contributed by atoms with van der Waals surface area (Å²) in [7, 11) is -3.73. The molecule has 2 N–H and O–H groups in total. The Morgan fingerprint density at radius 1 is 0.875 bits per heavy atom. The quantitative estimate of drug-likeness (QED) is 0.432. The minimum Gasteiger partial charge on any atom is -0.348 e. The van der Waals surface area contributed by atoms with Crippen LogP contribution in [0.25, 0.3) is 0 Å². The van der Waals surface area contributed by atoms with E-state index in [1.807, 2.05) is 24.3 Å². The predicted octanol–water partition coefficient (Wildman–Crippen LogP) is 3.06. The second-order valence-electron chi connectivity index (χ2n) is 7.09. The Morgan fingerprint density at radius 3 is 2.22 bits per heavy atom. The summed E-state index contributed by atoms with van der Waals surface area (Å²) in [5.41, 5.74) is 2.88. The highest BCUT2D eigenvalue weighted by atomic mass is 32.2. The highest BCUT2D eigenvalue weighted by Gasteiger charge is 2.15. The lowest BCUT2D eigenvalue weighted by Gasteiger charge is -2.09. The number of anilines is 1. The number of sulfonamides is 1. The van der Waals surface area contributed by atoms with Gasteiger partial charge in [-0.15, -0.1) is 0 Å². The number of nitrogens with zero attached hydrogens (tertiary/aromatic N) is 3. The normalized spacial score (nSPS) is 11.1.